The highest BCUT2D eigenvalue weighted by atomic mass is 16.5. The molecule has 9 nitrogen and oxygen atoms in total. The zero-order valence-electron chi connectivity index (χ0n) is 19.2. The Labute approximate surface area is 196 Å². The van der Waals surface area contributed by atoms with Crippen molar-refractivity contribution in [3.8, 4) is 17.6 Å². The quantitative estimate of drug-likeness (QED) is 0.493. The van der Waals surface area contributed by atoms with Gasteiger partial charge in [0.1, 0.15) is 0 Å². The number of pyridine rings is 3. The number of carbonyl (C=O) groups is 1. The number of nitrogens with zero attached hydrogens (tertiary/aromatic N) is 3. The Hall–Kier alpha value is -3.56. The van der Waals surface area contributed by atoms with Gasteiger partial charge in [-0.1, -0.05) is 19.6 Å². The van der Waals surface area contributed by atoms with Crippen LogP contribution in [0.2, 0.25) is 0 Å². The van der Waals surface area contributed by atoms with Crippen LogP contribution in [0.4, 0.5) is 0 Å². The van der Waals surface area contributed by atoms with Crippen LogP contribution in [0.5, 0.6) is 17.6 Å². The number of hydrogen-bond donors (Lipinski definition) is 2. The molecule has 0 saturated carbocycles. The fraction of sp³-hybridized carbons (Fsp3) is 0.333. The molecule has 9 heteroatoms. The van der Waals surface area contributed by atoms with E-state index in [1.807, 2.05) is 38.4 Å². The summed E-state index contributed by atoms with van der Waals surface area (Å²) in [5.41, 5.74) is 2.64. The summed E-state index contributed by atoms with van der Waals surface area (Å²) >= 11 is 0. The van der Waals surface area contributed by atoms with Crippen molar-refractivity contribution in [3.63, 3.8) is 0 Å². The average Bonchev–Trinajstić information content (AvgIpc) is 2.86. The molecule has 3 rings (SSSR count). The van der Waals surface area contributed by atoms with Gasteiger partial charge in [-0.25, -0.2) is 15.0 Å². The molecule has 0 spiro atoms. The molecule has 0 atom stereocenters. The van der Waals surface area contributed by atoms with Gasteiger partial charge in [0.25, 0.3) is 0 Å². The Kier molecular flexibility index (Phi) is 16.1. The minimum Gasteiger partial charge on any atom is -0.481 e. The first-order chi connectivity index (χ1) is 15.6. The fourth-order valence-electron chi connectivity index (χ4n) is 2.53. The number of carbonyl (C=O) groups excluding carboxylic acids is 1. The van der Waals surface area contributed by atoms with E-state index in [1.54, 1.807) is 44.9 Å². The van der Waals surface area contributed by atoms with Gasteiger partial charge < -0.3 is 24.8 Å². The van der Waals surface area contributed by atoms with E-state index >= 15 is 0 Å². The summed E-state index contributed by atoms with van der Waals surface area (Å²) < 4.78 is 14.9. The van der Waals surface area contributed by atoms with E-state index in [-0.39, 0.29) is 7.43 Å². The zero-order valence-corrected chi connectivity index (χ0v) is 19.2. The third-order valence-corrected chi connectivity index (χ3v) is 3.94. The van der Waals surface area contributed by atoms with Crippen molar-refractivity contribution in [1.29, 1.82) is 0 Å². The van der Waals surface area contributed by atoms with Crippen LogP contribution in [0, 0.1) is 0 Å². The van der Waals surface area contributed by atoms with Gasteiger partial charge in [-0.05, 0) is 38.4 Å². The smallest absolute Gasteiger partial charge is 0.223 e. The van der Waals surface area contributed by atoms with Gasteiger partial charge >= 0.3 is 0 Å². The minimum absolute atomic E-state index is 0. The maximum absolute atomic E-state index is 10.3. The summed E-state index contributed by atoms with van der Waals surface area (Å²) in [7, 11) is 8.52. The highest BCUT2D eigenvalue weighted by Crippen LogP contribution is 2.13. The lowest BCUT2D eigenvalue weighted by Crippen LogP contribution is -2.07. The Balaban J connectivity index is 0.000000459. The topological polar surface area (TPSA) is 107 Å². The average molecular weight is 458 g/mol. The molecule has 0 saturated heterocycles. The molecule has 0 aliphatic heterocycles. The predicted octanol–water partition coefficient (Wildman–Crippen LogP) is 3.16. The third kappa shape index (κ3) is 10.5. The molecule has 0 aliphatic rings. The fourth-order valence-corrected chi connectivity index (χ4v) is 2.53. The lowest BCUT2D eigenvalue weighted by molar-refractivity contribution is 0.112. The number of aromatic nitrogens is 3. The molecule has 0 aromatic carbocycles. The van der Waals surface area contributed by atoms with Crippen LogP contribution >= 0.6 is 0 Å². The van der Waals surface area contributed by atoms with Crippen LogP contribution in [0.15, 0.2) is 55.0 Å². The second-order valence-electron chi connectivity index (χ2n) is 6.12. The summed E-state index contributed by atoms with van der Waals surface area (Å²) in [6.07, 6.45) is 5.73. The first kappa shape index (κ1) is 29.4. The summed E-state index contributed by atoms with van der Waals surface area (Å²) in [5.74, 6) is 1.77. The monoisotopic (exact) mass is 457 g/mol. The van der Waals surface area contributed by atoms with E-state index in [0.717, 1.165) is 24.2 Å². The van der Waals surface area contributed by atoms with Gasteiger partial charge in [0.05, 0.1) is 26.9 Å². The summed E-state index contributed by atoms with van der Waals surface area (Å²) in [4.78, 5) is 22.2. The van der Waals surface area contributed by atoms with Crippen molar-refractivity contribution in [1.82, 2.24) is 25.6 Å². The number of hydrogen-bond acceptors (Lipinski definition) is 9. The van der Waals surface area contributed by atoms with E-state index in [9.17, 15) is 4.79 Å². The Morgan fingerprint density at radius 3 is 1.45 bits per heavy atom. The molecule has 33 heavy (non-hydrogen) atoms. The van der Waals surface area contributed by atoms with Crippen LogP contribution in [0.3, 0.4) is 0 Å². The molecule has 3 heterocycles. The van der Waals surface area contributed by atoms with E-state index in [2.05, 4.69) is 25.6 Å². The van der Waals surface area contributed by atoms with Gasteiger partial charge in [-0.3, -0.25) is 4.79 Å². The molecule has 3 aromatic rings. The van der Waals surface area contributed by atoms with Crippen molar-refractivity contribution in [2.24, 2.45) is 0 Å². The Morgan fingerprint density at radius 2 is 1.12 bits per heavy atom. The van der Waals surface area contributed by atoms with E-state index in [1.165, 1.54) is 7.11 Å². The highest BCUT2D eigenvalue weighted by molar-refractivity contribution is 5.77. The SMILES string of the molecule is C.CNCc1cccnc1OC.CNCc1cccnc1OC.COc1ncccc1C=O. The van der Waals surface area contributed by atoms with Crippen molar-refractivity contribution >= 4 is 6.29 Å². The van der Waals surface area contributed by atoms with Crippen molar-refractivity contribution in [3.05, 3.63) is 71.7 Å². The standard InChI is InChI=1S/2C8H12N2O.C7H7NO2.CH4/c2*1-9-6-7-4-3-5-10-8(7)11-2;1-10-7-6(5-9)3-2-4-8-7;/h2*3-5,9H,6H2,1-2H3;2-5H,1H3;1H4. The molecule has 180 valence electrons. The maximum atomic E-state index is 10.3. The molecule has 0 fully saturated rings. The molecular weight excluding hydrogens is 422 g/mol. The van der Waals surface area contributed by atoms with Gasteiger partial charge in [0, 0.05) is 42.8 Å². The molecule has 0 aliphatic carbocycles. The Morgan fingerprint density at radius 1 is 0.727 bits per heavy atom. The normalized spacial score (nSPS) is 9.12. The summed E-state index contributed by atoms with van der Waals surface area (Å²) in [5, 5.41) is 6.08. The lowest BCUT2D eigenvalue weighted by atomic mass is 10.3. The number of rotatable bonds is 8. The van der Waals surface area contributed by atoms with Gasteiger partial charge in [-0.15, -0.1) is 0 Å². The summed E-state index contributed by atoms with van der Waals surface area (Å²) in [6, 6.07) is 11.1. The molecule has 0 unspecified atom stereocenters. The zero-order chi connectivity index (χ0) is 23.6. The summed E-state index contributed by atoms with van der Waals surface area (Å²) in [6.45, 7) is 1.58. The van der Waals surface area contributed by atoms with Crippen LogP contribution in [-0.2, 0) is 13.1 Å². The number of methoxy groups -OCH3 is 3. The van der Waals surface area contributed by atoms with Crippen LogP contribution in [0.1, 0.15) is 28.9 Å². The number of nitrogens with one attached hydrogen (secondary N) is 2. The predicted molar refractivity (Wildman–Crippen MR) is 130 cm³/mol. The van der Waals surface area contributed by atoms with Crippen LogP contribution in [-0.4, -0.2) is 56.7 Å². The van der Waals surface area contributed by atoms with Crippen molar-refractivity contribution < 1.29 is 19.0 Å². The largest absolute Gasteiger partial charge is 0.481 e. The second kappa shape index (κ2) is 18.1. The second-order valence-corrected chi connectivity index (χ2v) is 6.12. The van der Waals surface area contributed by atoms with E-state index in [4.69, 9.17) is 14.2 Å². The molecular formula is C24H35N5O4. The maximum Gasteiger partial charge on any atom is 0.223 e. The van der Waals surface area contributed by atoms with Crippen LogP contribution in [0.25, 0.3) is 0 Å². The van der Waals surface area contributed by atoms with Crippen molar-refractivity contribution in [2.75, 3.05) is 35.4 Å². The Bertz CT molecular complexity index is 875. The molecule has 0 radical (unpaired) electrons. The highest BCUT2D eigenvalue weighted by Gasteiger charge is 2.00. The minimum atomic E-state index is 0. The molecule has 0 bridgehead atoms. The van der Waals surface area contributed by atoms with Crippen LogP contribution < -0.4 is 24.8 Å². The van der Waals surface area contributed by atoms with E-state index in [0.29, 0.717) is 29.5 Å². The van der Waals surface area contributed by atoms with Gasteiger partial charge in [0.15, 0.2) is 6.29 Å². The molecule has 2 N–H and O–H groups in total. The first-order valence-electron chi connectivity index (χ1n) is 9.84. The first-order valence-corrected chi connectivity index (χ1v) is 9.84. The molecule has 0 amide bonds. The molecule has 3 aromatic heterocycles. The van der Waals surface area contributed by atoms with Crippen molar-refractivity contribution in [2.45, 2.75) is 20.5 Å². The van der Waals surface area contributed by atoms with Gasteiger partial charge in [0.2, 0.25) is 17.6 Å². The van der Waals surface area contributed by atoms with E-state index < -0.39 is 0 Å². The van der Waals surface area contributed by atoms with Gasteiger partial charge in [-0.2, -0.15) is 0 Å². The number of ether oxygens (including phenoxy) is 3. The lowest BCUT2D eigenvalue weighted by Gasteiger charge is -2.04. The third-order valence-electron chi connectivity index (χ3n) is 3.94. The number of aldehydes is 1.